The standard InChI is InChI=1S/C24H21Cl2FN2O/c25-17-13-11-16(12-14-17)23(28-21-9-4-3-8-20(21)27)24(30)29-15-5-10-22(29)18-6-1-2-7-19(18)26/h1-4,6-9,11-14,22-23,28H,5,10,15H2. The summed E-state index contributed by atoms with van der Waals surface area (Å²) < 4.78 is 14.3. The van der Waals surface area contributed by atoms with Gasteiger partial charge in [-0.3, -0.25) is 4.79 Å². The van der Waals surface area contributed by atoms with Crippen LogP contribution in [0.15, 0.2) is 72.8 Å². The molecule has 0 saturated carbocycles. The van der Waals surface area contributed by atoms with E-state index in [2.05, 4.69) is 5.32 Å². The lowest BCUT2D eigenvalue weighted by Crippen LogP contribution is -2.38. The number of anilines is 1. The van der Waals surface area contributed by atoms with Gasteiger partial charge in [0, 0.05) is 16.6 Å². The van der Waals surface area contributed by atoms with Crippen molar-refractivity contribution in [2.45, 2.75) is 24.9 Å². The minimum atomic E-state index is -0.748. The van der Waals surface area contributed by atoms with Crippen LogP contribution in [0.1, 0.15) is 36.1 Å². The highest BCUT2D eigenvalue weighted by Crippen LogP contribution is 2.38. The van der Waals surface area contributed by atoms with Crippen LogP contribution in [0.4, 0.5) is 10.1 Å². The summed E-state index contributed by atoms with van der Waals surface area (Å²) in [5.41, 5.74) is 1.93. The molecule has 0 bridgehead atoms. The number of nitrogens with zero attached hydrogens (tertiary/aromatic N) is 1. The van der Waals surface area contributed by atoms with Crippen molar-refractivity contribution in [2.75, 3.05) is 11.9 Å². The monoisotopic (exact) mass is 442 g/mol. The second-order valence-electron chi connectivity index (χ2n) is 7.32. The van der Waals surface area contributed by atoms with Crippen molar-refractivity contribution < 1.29 is 9.18 Å². The Morgan fingerprint density at radius 3 is 2.43 bits per heavy atom. The van der Waals surface area contributed by atoms with Gasteiger partial charge in [0.05, 0.1) is 11.7 Å². The third-order valence-corrected chi connectivity index (χ3v) is 6.02. The molecule has 3 nitrogen and oxygen atoms in total. The zero-order valence-corrected chi connectivity index (χ0v) is 17.7. The predicted octanol–water partition coefficient (Wildman–Crippen LogP) is 6.65. The van der Waals surface area contributed by atoms with Crippen molar-refractivity contribution in [3.63, 3.8) is 0 Å². The molecule has 154 valence electrons. The van der Waals surface area contributed by atoms with Gasteiger partial charge in [-0.1, -0.05) is 65.7 Å². The first-order valence-corrected chi connectivity index (χ1v) is 10.6. The van der Waals surface area contributed by atoms with E-state index in [-0.39, 0.29) is 17.6 Å². The van der Waals surface area contributed by atoms with Crippen LogP contribution >= 0.6 is 23.2 Å². The Kier molecular flexibility index (Phi) is 6.26. The summed E-state index contributed by atoms with van der Waals surface area (Å²) in [6, 6.07) is 20.1. The Hall–Kier alpha value is -2.56. The van der Waals surface area contributed by atoms with Gasteiger partial charge in [0.1, 0.15) is 11.9 Å². The summed E-state index contributed by atoms with van der Waals surface area (Å²) in [5.74, 6) is -0.531. The number of hydrogen-bond acceptors (Lipinski definition) is 2. The molecular formula is C24H21Cl2FN2O. The van der Waals surface area contributed by atoms with Crippen LogP contribution in [0, 0.1) is 5.82 Å². The highest BCUT2D eigenvalue weighted by molar-refractivity contribution is 6.31. The van der Waals surface area contributed by atoms with Crippen molar-refractivity contribution in [1.29, 1.82) is 0 Å². The summed E-state index contributed by atoms with van der Waals surface area (Å²) in [6.07, 6.45) is 1.72. The topological polar surface area (TPSA) is 32.3 Å². The number of amides is 1. The number of carbonyl (C=O) groups is 1. The van der Waals surface area contributed by atoms with Crippen LogP contribution in [-0.2, 0) is 4.79 Å². The van der Waals surface area contributed by atoms with E-state index >= 15 is 0 Å². The molecule has 1 saturated heterocycles. The Bertz CT molecular complexity index is 1040. The lowest BCUT2D eigenvalue weighted by Gasteiger charge is -2.31. The number of benzene rings is 3. The van der Waals surface area contributed by atoms with Crippen molar-refractivity contribution >= 4 is 34.8 Å². The molecule has 2 atom stereocenters. The molecule has 2 unspecified atom stereocenters. The summed E-state index contributed by atoms with van der Waals surface area (Å²) in [4.78, 5) is 15.5. The van der Waals surface area contributed by atoms with Crippen LogP contribution in [0.25, 0.3) is 0 Å². The van der Waals surface area contributed by atoms with E-state index in [0.29, 0.717) is 16.6 Å². The molecule has 1 fully saturated rings. The Balaban J connectivity index is 1.69. The van der Waals surface area contributed by atoms with Crippen molar-refractivity contribution in [3.05, 3.63) is 99.8 Å². The fraction of sp³-hybridized carbons (Fsp3) is 0.208. The third-order valence-electron chi connectivity index (χ3n) is 5.42. The van der Waals surface area contributed by atoms with Crippen molar-refractivity contribution in [2.24, 2.45) is 0 Å². The summed E-state index contributed by atoms with van der Waals surface area (Å²) in [6.45, 7) is 0.623. The maximum atomic E-state index is 14.3. The molecule has 0 aliphatic carbocycles. The van der Waals surface area contributed by atoms with Crippen molar-refractivity contribution in [3.8, 4) is 0 Å². The fourth-order valence-electron chi connectivity index (χ4n) is 3.94. The first-order valence-electron chi connectivity index (χ1n) is 9.86. The molecule has 1 aliphatic heterocycles. The van der Waals surface area contributed by atoms with E-state index in [1.807, 2.05) is 29.2 Å². The number of para-hydroxylation sites is 1. The van der Waals surface area contributed by atoms with E-state index in [0.717, 1.165) is 24.0 Å². The van der Waals surface area contributed by atoms with Crippen LogP contribution in [0.3, 0.4) is 0 Å². The van der Waals surface area contributed by atoms with Gasteiger partial charge in [0.15, 0.2) is 0 Å². The number of halogens is 3. The summed E-state index contributed by atoms with van der Waals surface area (Å²) in [7, 11) is 0. The average molecular weight is 443 g/mol. The highest BCUT2D eigenvalue weighted by Gasteiger charge is 2.35. The third kappa shape index (κ3) is 4.30. The van der Waals surface area contributed by atoms with Crippen LogP contribution in [0.5, 0.6) is 0 Å². The second kappa shape index (κ2) is 9.07. The highest BCUT2D eigenvalue weighted by atomic mass is 35.5. The van der Waals surface area contributed by atoms with E-state index in [1.165, 1.54) is 6.07 Å². The number of carbonyl (C=O) groups excluding carboxylic acids is 1. The normalized spacial score (nSPS) is 17.0. The maximum Gasteiger partial charge on any atom is 0.250 e. The molecule has 30 heavy (non-hydrogen) atoms. The zero-order valence-electron chi connectivity index (χ0n) is 16.2. The average Bonchev–Trinajstić information content (AvgIpc) is 3.23. The lowest BCUT2D eigenvalue weighted by atomic mass is 10.0. The van der Waals surface area contributed by atoms with Crippen LogP contribution < -0.4 is 5.32 Å². The van der Waals surface area contributed by atoms with Gasteiger partial charge in [-0.15, -0.1) is 0 Å². The molecular weight excluding hydrogens is 422 g/mol. The minimum absolute atomic E-state index is 0.108. The SMILES string of the molecule is O=C(C(Nc1ccccc1F)c1ccc(Cl)cc1)N1CCCC1c1ccccc1Cl. The summed E-state index contributed by atoms with van der Waals surface area (Å²) >= 11 is 12.5. The lowest BCUT2D eigenvalue weighted by molar-refractivity contribution is -0.133. The number of hydrogen-bond donors (Lipinski definition) is 1. The van der Waals surface area contributed by atoms with Gasteiger partial charge < -0.3 is 10.2 Å². The van der Waals surface area contributed by atoms with E-state index in [4.69, 9.17) is 23.2 Å². The molecule has 1 heterocycles. The molecule has 1 aliphatic rings. The maximum absolute atomic E-state index is 14.3. The van der Waals surface area contributed by atoms with E-state index in [9.17, 15) is 9.18 Å². The molecule has 3 aromatic carbocycles. The molecule has 4 rings (SSSR count). The largest absolute Gasteiger partial charge is 0.368 e. The second-order valence-corrected chi connectivity index (χ2v) is 8.16. The van der Waals surface area contributed by atoms with Gasteiger partial charge in [0.2, 0.25) is 5.91 Å². The van der Waals surface area contributed by atoms with Gasteiger partial charge in [-0.05, 0) is 54.3 Å². The van der Waals surface area contributed by atoms with Gasteiger partial charge in [-0.2, -0.15) is 0 Å². The van der Waals surface area contributed by atoms with Crippen LogP contribution in [-0.4, -0.2) is 17.4 Å². The number of likely N-dealkylation sites (tertiary alicyclic amines) is 1. The fourth-order valence-corrected chi connectivity index (χ4v) is 4.33. The molecule has 1 N–H and O–H groups in total. The molecule has 1 amide bonds. The van der Waals surface area contributed by atoms with E-state index in [1.54, 1.807) is 42.5 Å². The number of nitrogens with one attached hydrogen (secondary N) is 1. The minimum Gasteiger partial charge on any atom is -0.368 e. The smallest absolute Gasteiger partial charge is 0.250 e. The first-order chi connectivity index (χ1) is 14.5. The molecule has 0 spiro atoms. The molecule has 3 aromatic rings. The first kappa shape index (κ1) is 20.7. The van der Waals surface area contributed by atoms with Crippen LogP contribution in [0.2, 0.25) is 10.0 Å². The Morgan fingerprint density at radius 2 is 1.70 bits per heavy atom. The zero-order chi connectivity index (χ0) is 21.1. The van der Waals surface area contributed by atoms with E-state index < -0.39 is 11.9 Å². The predicted molar refractivity (Wildman–Crippen MR) is 119 cm³/mol. The van der Waals surface area contributed by atoms with Crippen molar-refractivity contribution in [1.82, 2.24) is 4.90 Å². The molecule has 0 radical (unpaired) electrons. The van der Waals surface area contributed by atoms with Gasteiger partial charge in [0.25, 0.3) is 0 Å². The molecule has 6 heteroatoms. The number of rotatable bonds is 5. The quantitative estimate of drug-likeness (QED) is 0.479. The molecule has 0 aromatic heterocycles. The Morgan fingerprint density at radius 1 is 1.00 bits per heavy atom. The van der Waals surface area contributed by atoms with Gasteiger partial charge >= 0.3 is 0 Å². The van der Waals surface area contributed by atoms with Gasteiger partial charge in [-0.25, -0.2) is 4.39 Å². The Labute approximate surface area is 185 Å². The summed E-state index contributed by atoms with van der Waals surface area (Å²) in [5, 5.41) is 4.32.